The van der Waals surface area contributed by atoms with Crippen molar-refractivity contribution in [2.24, 2.45) is 11.8 Å². The number of hydrogen-bond acceptors (Lipinski definition) is 3. The van der Waals surface area contributed by atoms with Gasteiger partial charge in [0.2, 0.25) is 0 Å². The zero-order valence-corrected chi connectivity index (χ0v) is 16.2. The monoisotopic (exact) mass is 354 g/mol. The predicted molar refractivity (Wildman–Crippen MR) is 107 cm³/mol. The van der Waals surface area contributed by atoms with Gasteiger partial charge in [0, 0.05) is 16.5 Å². The van der Waals surface area contributed by atoms with Crippen LogP contribution in [0, 0.1) is 11.8 Å². The third-order valence-corrected chi connectivity index (χ3v) is 6.14. The van der Waals surface area contributed by atoms with Crippen LogP contribution >= 0.6 is 0 Å². The highest BCUT2D eigenvalue weighted by molar-refractivity contribution is 5.86. The second kappa shape index (κ2) is 7.69. The van der Waals surface area contributed by atoms with Crippen LogP contribution in [0.1, 0.15) is 63.1 Å². The van der Waals surface area contributed by atoms with Crippen LogP contribution in [-0.4, -0.2) is 5.11 Å². The van der Waals surface area contributed by atoms with Crippen LogP contribution in [-0.2, 0) is 19.3 Å². The van der Waals surface area contributed by atoms with E-state index in [1.165, 1.54) is 5.57 Å². The molecule has 2 atom stereocenters. The summed E-state index contributed by atoms with van der Waals surface area (Å²) in [4.78, 5) is 12.5. The summed E-state index contributed by atoms with van der Waals surface area (Å²) in [5, 5.41) is 11.5. The summed E-state index contributed by atoms with van der Waals surface area (Å²) in [5.74, 6) is 1.17. The Hall–Kier alpha value is -2.03. The van der Waals surface area contributed by atoms with E-state index in [0.29, 0.717) is 23.8 Å². The zero-order chi connectivity index (χ0) is 18.8. The molecule has 0 bridgehead atoms. The number of phenols is 1. The number of allylic oxidation sites excluding steroid dienone is 1. The summed E-state index contributed by atoms with van der Waals surface area (Å²) in [5.41, 5.74) is 4.26. The largest absolute Gasteiger partial charge is 0.508 e. The van der Waals surface area contributed by atoms with Gasteiger partial charge in [-0.15, -0.1) is 0 Å². The van der Waals surface area contributed by atoms with E-state index in [1.54, 1.807) is 6.07 Å². The molecule has 1 heterocycles. The van der Waals surface area contributed by atoms with Gasteiger partial charge in [-0.2, -0.15) is 0 Å². The summed E-state index contributed by atoms with van der Waals surface area (Å²) < 4.78 is 5.71. The molecular formula is C23H30O3. The summed E-state index contributed by atoms with van der Waals surface area (Å²) in [6.07, 6.45) is 6.56. The molecule has 0 spiro atoms. The molecule has 0 saturated heterocycles. The van der Waals surface area contributed by atoms with Gasteiger partial charge in [-0.05, 0) is 75.0 Å². The van der Waals surface area contributed by atoms with E-state index in [2.05, 4.69) is 27.4 Å². The van der Waals surface area contributed by atoms with Gasteiger partial charge in [-0.3, -0.25) is 0 Å². The van der Waals surface area contributed by atoms with Crippen LogP contribution in [0.15, 0.2) is 33.5 Å². The van der Waals surface area contributed by atoms with Gasteiger partial charge in [-0.25, -0.2) is 4.79 Å². The molecule has 1 aliphatic carbocycles. The van der Waals surface area contributed by atoms with Crippen LogP contribution in [0.2, 0.25) is 0 Å². The van der Waals surface area contributed by atoms with Crippen LogP contribution in [0.3, 0.4) is 0 Å². The molecule has 140 valence electrons. The number of benzene rings is 1. The first kappa shape index (κ1) is 18.8. The molecule has 3 heteroatoms. The average molecular weight is 354 g/mol. The molecule has 0 fully saturated rings. The van der Waals surface area contributed by atoms with Crippen molar-refractivity contribution in [3.05, 3.63) is 51.4 Å². The SMILES string of the molecule is C=C(C)[C@@H](CCc1c(O)ccc2c3c(c(=O)oc12)CCCC3)[C@@H](C)CC. The lowest BCUT2D eigenvalue weighted by Crippen LogP contribution is -2.17. The van der Waals surface area contributed by atoms with Gasteiger partial charge in [0.25, 0.3) is 0 Å². The summed E-state index contributed by atoms with van der Waals surface area (Å²) in [6.45, 7) is 10.7. The van der Waals surface area contributed by atoms with Crippen molar-refractivity contribution in [3.8, 4) is 5.75 Å². The standard InChI is InChI=1S/C23H30O3/c1-5-15(4)16(14(2)3)10-11-20-21(24)13-12-18-17-8-6-7-9-19(17)23(25)26-22(18)20/h12-13,15-16,24H,2,5-11H2,1,3-4H3/t15-,16+/m0/s1. The maximum absolute atomic E-state index is 12.5. The Morgan fingerprint density at radius 2 is 1.96 bits per heavy atom. The molecule has 0 amide bonds. The first-order valence-corrected chi connectivity index (χ1v) is 9.88. The fraction of sp³-hybridized carbons (Fsp3) is 0.522. The highest BCUT2D eigenvalue weighted by Gasteiger charge is 2.22. The fourth-order valence-electron chi connectivity index (χ4n) is 4.40. The van der Waals surface area contributed by atoms with E-state index in [4.69, 9.17) is 4.42 Å². The van der Waals surface area contributed by atoms with E-state index in [1.807, 2.05) is 6.07 Å². The highest BCUT2D eigenvalue weighted by atomic mass is 16.4. The van der Waals surface area contributed by atoms with Crippen molar-refractivity contribution in [1.82, 2.24) is 0 Å². The maximum atomic E-state index is 12.5. The lowest BCUT2D eigenvalue weighted by molar-refractivity contribution is 0.372. The van der Waals surface area contributed by atoms with Crippen LogP contribution < -0.4 is 5.63 Å². The first-order chi connectivity index (χ1) is 12.4. The Morgan fingerprint density at radius 3 is 2.62 bits per heavy atom. The van der Waals surface area contributed by atoms with Crippen LogP contribution in [0.25, 0.3) is 11.0 Å². The fourth-order valence-corrected chi connectivity index (χ4v) is 4.40. The minimum absolute atomic E-state index is 0.223. The van der Waals surface area contributed by atoms with Gasteiger partial charge in [0.15, 0.2) is 0 Å². The topological polar surface area (TPSA) is 50.4 Å². The molecule has 1 N–H and O–H groups in total. The quantitative estimate of drug-likeness (QED) is 0.547. The van der Waals surface area contributed by atoms with Gasteiger partial charge in [0.1, 0.15) is 11.3 Å². The van der Waals surface area contributed by atoms with Crippen LogP contribution in [0.5, 0.6) is 5.75 Å². The number of rotatable bonds is 6. The van der Waals surface area contributed by atoms with Gasteiger partial charge in [0.05, 0.1) is 0 Å². The Bertz CT molecular complexity index is 875. The third-order valence-electron chi connectivity index (χ3n) is 6.14. The molecular weight excluding hydrogens is 324 g/mol. The molecule has 26 heavy (non-hydrogen) atoms. The Kier molecular flexibility index (Phi) is 5.55. The van der Waals surface area contributed by atoms with Gasteiger partial charge in [-0.1, -0.05) is 32.4 Å². The average Bonchev–Trinajstić information content (AvgIpc) is 2.63. The smallest absolute Gasteiger partial charge is 0.339 e. The molecule has 1 aromatic heterocycles. The second-order valence-electron chi connectivity index (χ2n) is 7.87. The predicted octanol–water partition coefficient (Wildman–Crippen LogP) is 5.55. The summed E-state index contributed by atoms with van der Waals surface area (Å²) in [7, 11) is 0. The van der Waals surface area contributed by atoms with E-state index >= 15 is 0 Å². The van der Waals surface area contributed by atoms with Gasteiger partial charge < -0.3 is 9.52 Å². The van der Waals surface area contributed by atoms with E-state index < -0.39 is 0 Å². The Balaban J connectivity index is 2.03. The number of fused-ring (bicyclic) bond motifs is 3. The second-order valence-corrected chi connectivity index (χ2v) is 7.87. The number of aryl methyl sites for hydroxylation is 2. The maximum Gasteiger partial charge on any atom is 0.339 e. The minimum Gasteiger partial charge on any atom is -0.508 e. The van der Waals surface area contributed by atoms with Crippen molar-refractivity contribution in [3.63, 3.8) is 0 Å². The molecule has 1 aliphatic rings. The summed E-state index contributed by atoms with van der Waals surface area (Å²) >= 11 is 0. The van der Waals surface area contributed by atoms with Gasteiger partial charge >= 0.3 is 5.63 Å². The number of phenolic OH excluding ortho intramolecular Hbond substituents is 1. The molecule has 0 aliphatic heterocycles. The zero-order valence-electron chi connectivity index (χ0n) is 16.2. The van der Waals surface area contributed by atoms with E-state index in [9.17, 15) is 9.90 Å². The first-order valence-electron chi connectivity index (χ1n) is 9.88. The van der Waals surface area contributed by atoms with Crippen molar-refractivity contribution in [1.29, 1.82) is 0 Å². The highest BCUT2D eigenvalue weighted by Crippen LogP contribution is 2.35. The molecule has 0 saturated carbocycles. The Labute approximate surface area is 155 Å². The van der Waals surface area contributed by atoms with Crippen molar-refractivity contribution in [2.45, 2.75) is 65.7 Å². The number of hydrogen-bond donors (Lipinski definition) is 1. The van der Waals surface area contributed by atoms with Crippen molar-refractivity contribution < 1.29 is 9.52 Å². The molecule has 0 radical (unpaired) electrons. The number of aromatic hydroxyl groups is 1. The lowest BCUT2D eigenvalue weighted by atomic mass is 9.82. The van der Waals surface area contributed by atoms with Crippen molar-refractivity contribution in [2.75, 3.05) is 0 Å². The van der Waals surface area contributed by atoms with E-state index in [0.717, 1.165) is 60.6 Å². The minimum atomic E-state index is -0.225. The van der Waals surface area contributed by atoms with E-state index in [-0.39, 0.29) is 11.4 Å². The van der Waals surface area contributed by atoms with Crippen LogP contribution in [0.4, 0.5) is 0 Å². The molecule has 3 nitrogen and oxygen atoms in total. The molecule has 2 aromatic rings. The molecule has 3 rings (SSSR count). The molecule has 1 aromatic carbocycles. The lowest BCUT2D eigenvalue weighted by Gasteiger charge is -2.24. The third kappa shape index (κ3) is 3.44. The normalized spacial score (nSPS) is 16.3. The molecule has 0 unspecified atom stereocenters. The summed E-state index contributed by atoms with van der Waals surface area (Å²) in [6, 6.07) is 3.66. The van der Waals surface area contributed by atoms with Crippen molar-refractivity contribution >= 4 is 11.0 Å². The Morgan fingerprint density at radius 1 is 1.27 bits per heavy atom.